The number of carbonyl (C=O) groups is 2. The van der Waals surface area contributed by atoms with E-state index in [1.165, 1.54) is 0 Å². The van der Waals surface area contributed by atoms with Crippen LogP contribution in [0, 0.1) is 5.92 Å². The molecule has 0 aromatic heterocycles. The molecule has 0 saturated carbocycles. The molecule has 3 nitrogen and oxygen atoms in total. The maximum absolute atomic E-state index is 12.0. The zero-order valence-corrected chi connectivity index (χ0v) is 13.3. The molecule has 5 heteroatoms. The summed E-state index contributed by atoms with van der Waals surface area (Å²) < 4.78 is 0. The highest BCUT2D eigenvalue weighted by atomic mass is 35.5. The normalized spacial score (nSPS) is 11.9. The first kappa shape index (κ1) is 16.6. The lowest BCUT2D eigenvalue weighted by Crippen LogP contribution is -2.20. The van der Waals surface area contributed by atoms with Crippen LogP contribution in [0.3, 0.4) is 0 Å². The molecule has 2 aromatic rings. The van der Waals surface area contributed by atoms with Crippen LogP contribution in [0.2, 0.25) is 5.02 Å². The van der Waals surface area contributed by atoms with E-state index < -0.39 is 11.9 Å². The summed E-state index contributed by atoms with van der Waals surface area (Å²) in [5, 5.41) is 9.80. The number of carbonyl (C=O) groups excluding carboxylic acids is 1. The van der Waals surface area contributed by atoms with Crippen molar-refractivity contribution < 1.29 is 14.7 Å². The van der Waals surface area contributed by atoms with Gasteiger partial charge in [-0.2, -0.15) is 0 Å². The molecule has 0 aliphatic carbocycles. The van der Waals surface area contributed by atoms with Gasteiger partial charge < -0.3 is 5.11 Å². The fourth-order valence-corrected chi connectivity index (χ4v) is 3.13. The molecule has 0 aliphatic rings. The van der Waals surface area contributed by atoms with Gasteiger partial charge in [-0.25, -0.2) is 0 Å². The number of carboxylic acids is 1. The lowest BCUT2D eigenvalue weighted by molar-refractivity contribution is -0.140. The predicted molar refractivity (Wildman–Crippen MR) is 89.5 cm³/mol. The first-order valence-electron chi connectivity index (χ1n) is 6.75. The second-order valence-corrected chi connectivity index (χ2v) is 6.26. The monoisotopic (exact) mass is 334 g/mol. The molecule has 1 atom stereocenters. The minimum atomic E-state index is -0.909. The van der Waals surface area contributed by atoms with E-state index in [9.17, 15) is 14.7 Å². The van der Waals surface area contributed by atoms with Crippen LogP contribution in [0.15, 0.2) is 54.6 Å². The van der Waals surface area contributed by atoms with Gasteiger partial charge in [-0.1, -0.05) is 65.8 Å². The summed E-state index contributed by atoms with van der Waals surface area (Å²) in [6.45, 7) is 0. The smallest absolute Gasteiger partial charge is 0.307 e. The van der Waals surface area contributed by atoms with E-state index in [1.807, 2.05) is 12.1 Å². The second kappa shape index (κ2) is 8.01. The summed E-state index contributed by atoms with van der Waals surface area (Å²) in [7, 11) is 0. The minimum Gasteiger partial charge on any atom is -0.481 e. The molecule has 0 amide bonds. The van der Waals surface area contributed by atoms with Crippen LogP contribution in [0.5, 0.6) is 0 Å². The number of carboxylic acid groups (broad SMARTS) is 1. The van der Waals surface area contributed by atoms with Gasteiger partial charge in [0.15, 0.2) is 0 Å². The summed E-state index contributed by atoms with van der Waals surface area (Å²) in [5.41, 5.74) is 1.44. The van der Waals surface area contributed by atoms with E-state index in [-0.39, 0.29) is 10.9 Å². The van der Waals surface area contributed by atoms with Crippen molar-refractivity contribution in [3.05, 3.63) is 70.7 Å². The molecule has 1 unspecified atom stereocenters. The third-order valence-corrected chi connectivity index (χ3v) is 4.45. The summed E-state index contributed by atoms with van der Waals surface area (Å²) in [6, 6.07) is 16.0. The summed E-state index contributed by atoms with van der Waals surface area (Å²) in [4.78, 5) is 23.4. The average molecular weight is 335 g/mol. The summed E-state index contributed by atoms with van der Waals surface area (Å²) in [5.74, 6) is -1.31. The number of rotatable bonds is 6. The molecule has 2 aromatic carbocycles. The molecular weight excluding hydrogens is 320 g/mol. The first-order chi connectivity index (χ1) is 10.6. The highest BCUT2D eigenvalue weighted by Crippen LogP contribution is 2.20. The lowest BCUT2D eigenvalue weighted by Gasteiger charge is -2.12. The van der Waals surface area contributed by atoms with Gasteiger partial charge in [-0.15, -0.1) is 0 Å². The van der Waals surface area contributed by atoms with Gasteiger partial charge in [0.2, 0.25) is 5.12 Å². The van der Waals surface area contributed by atoms with Gasteiger partial charge >= 0.3 is 5.97 Å². The average Bonchev–Trinajstić information content (AvgIpc) is 2.51. The van der Waals surface area contributed by atoms with Crippen LogP contribution in [0.25, 0.3) is 0 Å². The van der Waals surface area contributed by atoms with Gasteiger partial charge in [0.25, 0.3) is 0 Å². The molecular formula is C17H15ClO3S. The Morgan fingerprint density at radius 1 is 1.09 bits per heavy atom. The lowest BCUT2D eigenvalue weighted by atomic mass is 10.0. The van der Waals surface area contributed by atoms with Crippen molar-refractivity contribution in [1.82, 2.24) is 0 Å². The number of hydrogen-bond donors (Lipinski definition) is 1. The molecule has 0 saturated heterocycles. The van der Waals surface area contributed by atoms with E-state index in [0.717, 1.165) is 17.3 Å². The highest BCUT2D eigenvalue weighted by molar-refractivity contribution is 8.14. The Balaban J connectivity index is 1.98. The largest absolute Gasteiger partial charge is 0.481 e. The first-order valence-corrected chi connectivity index (χ1v) is 8.12. The highest BCUT2D eigenvalue weighted by Gasteiger charge is 2.20. The fourth-order valence-electron chi connectivity index (χ4n) is 2.00. The number of halogens is 1. The quantitative estimate of drug-likeness (QED) is 0.862. The summed E-state index contributed by atoms with van der Waals surface area (Å²) >= 11 is 6.95. The third-order valence-electron chi connectivity index (χ3n) is 3.15. The van der Waals surface area contributed by atoms with Crippen molar-refractivity contribution in [3.63, 3.8) is 0 Å². The summed E-state index contributed by atoms with van der Waals surface area (Å²) in [6.07, 6.45) is 0.352. The SMILES string of the molecule is O=C(SCC(Cc1cccc(Cl)c1)C(=O)O)c1ccccc1. The van der Waals surface area contributed by atoms with Gasteiger partial charge in [-0.3, -0.25) is 9.59 Å². The standard InChI is InChI=1S/C17H15ClO3S/c18-15-8-4-5-12(10-15)9-14(16(19)20)11-22-17(21)13-6-2-1-3-7-13/h1-8,10,14H,9,11H2,(H,19,20). The maximum Gasteiger partial charge on any atom is 0.307 e. The van der Waals surface area contributed by atoms with E-state index >= 15 is 0 Å². The van der Waals surface area contributed by atoms with Crippen LogP contribution in [-0.4, -0.2) is 21.9 Å². The molecule has 0 aliphatic heterocycles. The fraction of sp³-hybridized carbons (Fsp3) is 0.176. The van der Waals surface area contributed by atoms with E-state index in [1.54, 1.807) is 42.5 Å². The molecule has 1 N–H and O–H groups in total. The minimum absolute atomic E-state index is 0.113. The van der Waals surface area contributed by atoms with E-state index in [2.05, 4.69) is 0 Å². The molecule has 0 heterocycles. The van der Waals surface area contributed by atoms with Crippen molar-refractivity contribution in [2.45, 2.75) is 6.42 Å². The van der Waals surface area contributed by atoms with Crippen molar-refractivity contribution in [3.8, 4) is 0 Å². The zero-order chi connectivity index (χ0) is 15.9. The molecule has 0 fully saturated rings. The Bertz CT molecular complexity index is 658. The Morgan fingerprint density at radius 3 is 2.45 bits per heavy atom. The Morgan fingerprint density at radius 2 is 1.82 bits per heavy atom. The van der Waals surface area contributed by atoms with Crippen molar-refractivity contribution in [1.29, 1.82) is 0 Å². The van der Waals surface area contributed by atoms with Crippen LogP contribution in [-0.2, 0) is 11.2 Å². The van der Waals surface area contributed by atoms with Crippen molar-refractivity contribution in [2.75, 3.05) is 5.75 Å². The van der Waals surface area contributed by atoms with E-state index in [0.29, 0.717) is 17.0 Å². The van der Waals surface area contributed by atoms with Crippen molar-refractivity contribution in [2.24, 2.45) is 5.92 Å². The number of thioether (sulfide) groups is 1. The number of aliphatic carboxylic acids is 1. The molecule has 0 spiro atoms. The topological polar surface area (TPSA) is 54.4 Å². The zero-order valence-electron chi connectivity index (χ0n) is 11.7. The number of hydrogen-bond acceptors (Lipinski definition) is 3. The molecule has 114 valence electrons. The third kappa shape index (κ3) is 4.90. The molecule has 2 rings (SSSR count). The van der Waals surface area contributed by atoms with Gasteiger partial charge in [0.05, 0.1) is 5.92 Å². The van der Waals surface area contributed by atoms with Crippen LogP contribution in [0.4, 0.5) is 0 Å². The van der Waals surface area contributed by atoms with Gasteiger partial charge in [-0.05, 0) is 24.1 Å². The molecule has 22 heavy (non-hydrogen) atoms. The maximum atomic E-state index is 12.0. The number of benzene rings is 2. The van der Waals surface area contributed by atoms with Gasteiger partial charge in [0, 0.05) is 16.3 Å². The predicted octanol–water partition coefficient (Wildman–Crippen LogP) is 4.16. The van der Waals surface area contributed by atoms with Gasteiger partial charge in [0.1, 0.15) is 0 Å². The Hall–Kier alpha value is -1.78. The molecule has 0 radical (unpaired) electrons. The van der Waals surface area contributed by atoms with E-state index in [4.69, 9.17) is 11.6 Å². The second-order valence-electron chi connectivity index (χ2n) is 4.83. The molecule has 0 bridgehead atoms. The Labute approximate surface area is 138 Å². The Kier molecular flexibility index (Phi) is 6.04. The van der Waals surface area contributed by atoms with Crippen LogP contribution in [0.1, 0.15) is 15.9 Å². The van der Waals surface area contributed by atoms with Crippen molar-refractivity contribution >= 4 is 34.4 Å². The van der Waals surface area contributed by atoms with Crippen LogP contribution >= 0.6 is 23.4 Å². The van der Waals surface area contributed by atoms with Crippen LogP contribution < -0.4 is 0 Å².